The van der Waals surface area contributed by atoms with Gasteiger partial charge in [-0.1, -0.05) is 56.5 Å². The number of aryl methyl sites for hydroxylation is 1. The lowest BCUT2D eigenvalue weighted by atomic mass is 9.73. The molecule has 4 fully saturated rings. The predicted octanol–water partition coefficient (Wildman–Crippen LogP) is 3.84. The Kier molecular flexibility index (Phi) is 5.72. The maximum Gasteiger partial charge on any atom is 0.246 e. The van der Waals surface area contributed by atoms with E-state index in [1.54, 1.807) is 17.0 Å². The molecule has 0 unspecified atom stereocenters. The van der Waals surface area contributed by atoms with Crippen molar-refractivity contribution in [2.75, 3.05) is 5.32 Å². The molecule has 3 aliphatic heterocycles. The van der Waals surface area contributed by atoms with E-state index in [1.165, 1.54) is 6.42 Å². The van der Waals surface area contributed by atoms with Gasteiger partial charge in [0, 0.05) is 22.8 Å². The lowest BCUT2D eigenvalue weighted by Gasteiger charge is -2.38. The number of carbonyl (C=O) groups excluding carboxylic acids is 3. The molecule has 1 aromatic carbocycles. The highest BCUT2D eigenvalue weighted by Crippen LogP contribution is 2.57. The summed E-state index contributed by atoms with van der Waals surface area (Å²) in [5.41, 5.74) is 0.391. The Morgan fingerprint density at radius 3 is 2.64 bits per heavy atom. The molecular weight excluding hydrogens is 478 g/mol. The van der Waals surface area contributed by atoms with Gasteiger partial charge in [0.25, 0.3) is 0 Å². The summed E-state index contributed by atoms with van der Waals surface area (Å²) in [6, 6.07) is 4.73. The second-order valence-corrected chi connectivity index (χ2v) is 11.9. The van der Waals surface area contributed by atoms with Gasteiger partial charge >= 0.3 is 0 Å². The van der Waals surface area contributed by atoms with E-state index in [-0.39, 0.29) is 29.8 Å². The highest BCUT2D eigenvalue weighted by atomic mass is 35.5. The van der Waals surface area contributed by atoms with Crippen LogP contribution in [-0.2, 0) is 19.1 Å². The summed E-state index contributed by atoms with van der Waals surface area (Å²) < 4.78 is 6.43. The minimum Gasteiger partial charge on any atom is -0.359 e. The molecule has 2 aliphatic carbocycles. The van der Waals surface area contributed by atoms with Gasteiger partial charge in [0.1, 0.15) is 11.6 Å². The molecule has 2 bridgehead atoms. The Labute approximate surface area is 217 Å². The number of nitrogens with zero attached hydrogens (tertiary/aromatic N) is 1. The summed E-state index contributed by atoms with van der Waals surface area (Å²) in [5, 5.41) is 6.80. The molecule has 0 radical (unpaired) electrons. The van der Waals surface area contributed by atoms with Crippen molar-refractivity contribution in [1.82, 2.24) is 10.2 Å². The summed E-state index contributed by atoms with van der Waals surface area (Å²) in [6.45, 7) is 6.33. The first-order valence-electron chi connectivity index (χ1n) is 13.3. The number of benzene rings is 1. The van der Waals surface area contributed by atoms with Gasteiger partial charge in [-0.15, -0.1) is 0 Å². The van der Waals surface area contributed by atoms with Crippen LogP contribution in [0.5, 0.6) is 0 Å². The topological polar surface area (TPSA) is 87.7 Å². The number of rotatable bonds is 5. The number of ether oxygens (including phenoxy) is 1. The van der Waals surface area contributed by atoms with Gasteiger partial charge < -0.3 is 20.3 Å². The molecule has 192 valence electrons. The Balaban J connectivity index is 1.28. The molecule has 6 rings (SSSR count). The van der Waals surface area contributed by atoms with Crippen molar-refractivity contribution in [2.24, 2.45) is 23.7 Å². The van der Waals surface area contributed by atoms with Crippen LogP contribution in [0.3, 0.4) is 0 Å². The third kappa shape index (κ3) is 3.61. The van der Waals surface area contributed by atoms with E-state index in [4.69, 9.17) is 16.3 Å². The summed E-state index contributed by atoms with van der Waals surface area (Å²) in [5.74, 6) is -1.07. The fraction of sp³-hybridized carbons (Fsp3) is 0.607. The average Bonchev–Trinajstić information content (AvgIpc) is 3.43. The minimum absolute atomic E-state index is 0.0339. The highest BCUT2D eigenvalue weighted by Gasteiger charge is 2.74. The zero-order chi connectivity index (χ0) is 25.4. The van der Waals surface area contributed by atoms with Gasteiger partial charge in [0.05, 0.1) is 17.9 Å². The Hall–Kier alpha value is -2.38. The van der Waals surface area contributed by atoms with Gasteiger partial charge in [-0.2, -0.15) is 0 Å². The van der Waals surface area contributed by atoms with E-state index >= 15 is 0 Å². The third-order valence-corrected chi connectivity index (χ3v) is 9.68. The van der Waals surface area contributed by atoms with Crippen molar-refractivity contribution in [2.45, 2.75) is 82.7 Å². The van der Waals surface area contributed by atoms with Crippen LogP contribution in [0, 0.1) is 30.6 Å². The predicted molar refractivity (Wildman–Crippen MR) is 136 cm³/mol. The van der Waals surface area contributed by atoms with Crippen LogP contribution in [0.15, 0.2) is 30.4 Å². The normalized spacial score (nSPS) is 38.8. The number of hydrogen-bond donors (Lipinski definition) is 2. The number of carbonyl (C=O) groups is 3. The summed E-state index contributed by atoms with van der Waals surface area (Å²) in [7, 11) is 0. The molecule has 5 aliphatic rings. The highest BCUT2D eigenvalue weighted by molar-refractivity contribution is 6.31. The van der Waals surface area contributed by atoms with Crippen LogP contribution >= 0.6 is 11.6 Å². The number of halogens is 1. The number of hydrogen-bond acceptors (Lipinski definition) is 4. The van der Waals surface area contributed by atoms with E-state index in [0.717, 1.165) is 31.2 Å². The van der Waals surface area contributed by atoms with E-state index in [9.17, 15) is 14.4 Å². The van der Waals surface area contributed by atoms with Crippen molar-refractivity contribution in [3.05, 3.63) is 40.9 Å². The van der Waals surface area contributed by atoms with Crippen molar-refractivity contribution < 1.29 is 19.1 Å². The molecule has 2 saturated carbocycles. The molecule has 1 spiro atoms. The smallest absolute Gasteiger partial charge is 0.246 e. The molecular formula is C28H34ClN3O4. The maximum absolute atomic E-state index is 13.9. The molecule has 36 heavy (non-hydrogen) atoms. The Morgan fingerprint density at radius 1 is 1.14 bits per heavy atom. The van der Waals surface area contributed by atoms with Gasteiger partial charge in [-0.25, -0.2) is 0 Å². The fourth-order valence-electron chi connectivity index (χ4n) is 6.90. The van der Waals surface area contributed by atoms with Crippen LogP contribution < -0.4 is 10.6 Å². The molecule has 8 atom stereocenters. The average molecular weight is 512 g/mol. The zero-order valence-corrected chi connectivity index (χ0v) is 21.8. The van der Waals surface area contributed by atoms with Crippen LogP contribution in [-0.4, -0.2) is 52.5 Å². The Morgan fingerprint density at radius 2 is 1.92 bits per heavy atom. The third-order valence-electron chi connectivity index (χ3n) is 9.28. The molecule has 2 N–H and O–H groups in total. The van der Waals surface area contributed by atoms with E-state index in [2.05, 4.69) is 24.5 Å². The zero-order valence-electron chi connectivity index (χ0n) is 21.0. The van der Waals surface area contributed by atoms with Crippen LogP contribution in [0.4, 0.5) is 5.69 Å². The SMILES string of the molecule is Cc1ccc(NC(=O)[C@H]2[C@H]3C=C[C@@]4(O3)[C@H]2C(=O)N(C2CC2)[C@@H]4C(=O)N[C@@H]2CCC[C@H](C)[C@H]2C)cc1Cl. The molecule has 3 amide bonds. The van der Waals surface area contributed by atoms with E-state index in [0.29, 0.717) is 22.5 Å². The van der Waals surface area contributed by atoms with Crippen molar-refractivity contribution >= 4 is 35.0 Å². The molecule has 8 heteroatoms. The fourth-order valence-corrected chi connectivity index (χ4v) is 7.08. The summed E-state index contributed by atoms with van der Waals surface area (Å²) >= 11 is 6.25. The lowest BCUT2D eigenvalue weighted by molar-refractivity contribution is -0.142. The first kappa shape index (κ1) is 24.0. The standard InChI is InChI=1S/C28H34ClN3O4/c1-14-5-4-6-20(16(14)3)31-26(34)24-28-12-11-21(36-28)22(23(28)27(35)32(24)18-9-10-18)25(33)30-17-8-7-15(2)19(29)13-17/h7-8,11-14,16,18,20-24H,4-6,9-10H2,1-3H3,(H,30,33)(H,31,34)/t14-,16+,20+,21+,22-,23+,24+,28+/m0/s1. The van der Waals surface area contributed by atoms with Crippen LogP contribution in [0.1, 0.15) is 51.5 Å². The largest absolute Gasteiger partial charge is 0.359 e. The number of amides is 3. The van der Waals surface area contributed by atoms with E-state index in [1.807, 2.05) is 25.1 Å². The quantitative estimate of drug-likeness (QED) is 0.588. The number of nitrogens with one attached hydrogen (secondary N) is 2. The van der Waals surface area contributed by atoms with Crippen LogP contribution in [0.25, 0.3) is 0 Å². The van der Waals surface area contributed by atoms with Gasteiger partial charge in [-0.05, 0) is 55.7 Å². The van der Waals surface area contributed by atoms with Gasteiger partial charge in [-0.3, -0.25) is 14.4 Å². The number of likely N-dealkylation sites (tertiary alicyclic amines) is 1. The second kappa shape index (κ2) is 8.59. The number of fused-ring (bicyclic) bond motifs is 1. The van der Waals surface area contributed by atoms with Gasteiger partial charge in [0.15, 0.2) is 0 Å². The van der Waals surface area contributed by atoms with E-state index < -0.39 is 29.6 Å². The first-order valence-corrected chi connectivity index (χ1v) is 13.7. The molecule has 0 aromatic heterocycles. The van der Waals surface area contributed by atoms with Crippen molar-refractivity contribution in [1.29, 1.82) is 0 Å². The summed E-state index contributed by atoms with van der Waals surface area (Å²) in [4.78, 5) is 43.0. The minimum atomic E-state index is -1.11. The molecule has 3 heterocycles. The lowest BCUT2D eigenvalue weighted by Crippen LogP contribution is -2.58. The van der Waals surface area contributed by atoms with Crippen molar-refractivity contribution in [3.8, 4) is 0 Å². The van der Waals surface area contributed by atoms with Gasteiger partial charge in [0.2, 0.25) is 17.7 Å². The first-order chi connectivity index (χ1) is 17.2. The van der Waals surface area contributed by atoms with Crippen molar-refractivity contribution in [3.63, 3.8) is 0 Å². The molecule has 2 saturated heterocycles. The Bertz CT molecular complexity index is 1150. The number of anilines is 1. The van der Waals surface area contributed by atoms with Crippen LogP contribution in [0.2, 0.25) is 5.02 Å². The summed E-state index contributed by atoms with van der Waals surface area (Å²) in [6.07, 6.45) is 8.16. The molecule has 7 nitrogen and oxygen atoms in total. The molecule has 1 aromatic rings. The monoisotopic (exact) mass is 511 g/mol. The maximum atomic E-state index is 13.9. The second-order valence-electron chi connectivity index (χ2n) is 11.5.